The molecule has 1 aromatic carbocycles. The average molecular weight is 349 g/mol. The van der Waals surface area contributed by atoms with E-state index in [9.17, 15) is 13.2 Å². The van der Waals surface area contributed by atoms with Crippen molar-refractivity contribution in [3.8, 4) is 0 Å². The summed E-state index contributed by atoms with van der Waals surface area (Å²) in [7, 11) is -2.27. The maximum atomic E-state index is 11.7. The summed E-state index contributed by atoms with van der Waals surface area (Å²) in [5, 5.41) is 2.71. The number of hydrogen-bond donors (Lipinski definition) is 2. The van der Waals surface area contributed by atoms with Gasteiger partial charge in [0.2, 0.25) is 15.9 Å². The minimum Gasteiger partial charge on any atom is -0.346 e. The molecule has 0 aliphatic heterocycles. The molecule has 0 fully saturated rings. The van der Waals surface area contributed by atoms with E-state index in [-0.39, 0.29) is 0 Å². The second-order valence-corrected chi connectivity index (χ2v) is 7.49. The van der Waals surface area contributed by atoms with Gasteiger partial charge in [-0.1, -0.05) is 28.1 Å². The molecule has 1 rings (SSSR count). The van der Waals surface area contributed by atoms with E-state index < -0.39 is 27.2 Å². The van der Waals surface area contributed by atoms with Gasteiger partial charge >= 0.3 is 0 Å². The highest BCUT2D eigenvalue weighted by Gasteiger charge is 2.25. The van der Waals surface area contributed by atoms with Gasteiger partial charge in [0.05, 0.1) is 5.54 Å². The van der Waals surface area contributed by atoms with Crippen LogP contribution in [0.1, 0.15) is 19.4 Å². The van der Waals surface area contributed by atoms with Crippen molar-refractivity contribution in [2.24, 2.45) is 0 Å². The number of benzene rings is 1. The Balaban J connectivity index is 2.80. The normalized spacial score (nSPS) is 12.2. The summed E-state index contributed by atoms with van der Waals surface area (Å²) < 4.78 is 25.6. The fourth-order valence-electron chi connectivity index (χ4n) is 1.57. The second kappa shape index (κ2) is 6.02. The first-order valence-corrected chi connectivity index (χ1v) is 8.09. The molecular weight excluding hydrogens is 332 g/mol. The summed E-state index contributed by atoms with van der Waals surface area (Å²) >= 11 is 3.34. The molecule has 0 spiro atoms. The van der Waals surface area contributed by atoms with Crippen LogP contribution in [-0.4, -0.2) is 27.1 Å². The number of rotatable bonds is 5. The predicted octanol–water partition coefficient (Wildman–Crippen LogP) is 1.35. The number of sulfonamides is 1. The van der Waals surface area contributed by atoms with Gasteiger partial charge in [-0.05, 0) is 38.6 Å². The van der Waals surface area contributed by atoms with Crippen LogP contribution in [0.2, 0.25) is 0 Å². The van der Waals surface area contributed by atoms with Crippen LogP contribution in [0.3, 0.4) is 0 Å². The summed E-state index contributed by atoms with van der Waals surface area (Å²) in [6.45, 7) is 3.64. The first-order chi connectivity index (χ1) is 8.66. The van der Waals surface area contributed by atoms with Gasteiger partial charge in [0.25, 0.3) is 0 Å². The van der Waals surface area contributed by atoms with Crippen molar-refractivity contribution in [2.45, 2.75) is 19.4 Å². The van der Waals surface area contributed by atoms with Crippen molar-refractivity contribution < 1.29 is 13.2 Å². The third kappa shape index (κ3) is 4.93. The zero-order valence-electron chi connectivity index (χ0n) is 11.0. The van der Waals surface area contributed by atoms with Crippen LogP contribution >= 0.6 is 15.9 Å². The molecule has 0 aliphatic rings. The van der Waals surface area contributed by atoms with Crippen LogP contribution in [-0.2, 0) is 20.4 Å². The molecule has 0 bridgehead atoms. The lowest BCUT2D eigenvalue weighted by atomic mass is 9.94. The zero-order chi connectivity index (χ0) is 14.7. The molecule has 0 saturated carbocycles. The number of carbonyl (C=O) groups excluding carboxylic acids is 1. The Hall–Kier alpha value is -0.920. The van der Waals surface area contributed by atoms with E-state index in [4.69, 9.17) is 0 Å². The molecule has 106 valence electrons. The number of hydrogen-bond acceptors (Lipinski definition) is 3. The predicted molar refractivity (Wildman–Crippen MR) is 78.2 cm³/mol. The van der Waals surface area contributed by atoms with Gasteiger partial charge in [-0.25, -0.2) is 13.1 Å². The maximum Gasteiger partial charge on any atom is 0.237 e. The fourth-order valence-corrected chi connectivity index (χ4v) is 2.39. The highest BCUT2D eigenvalue weighted by molar-refractivity contribution is 9.10. The molecule has 5 nitrogen and oxygen atoms in total. The van der Waals surface area contributed by atoms with Gasteiger partial charge < -0.3 is 5.32 Å². The van der Waals surface area contributed by atoms with Crippen LogP contribution in [0.4, 0.5) is 0 Å². The second-order valence-electron chi connectivity index (χ2n) is 4.64. The van der Waals surface area contributed by atoms with E-state index in [1.54, 1.807) is 0 Å². The van der Waals surface area contributed by atoms with Crippen molar-refractivity contribution in [1.29, 1.82) is 0 Å². The van der Waals surface area contributed by atoms with Crippen LogP contribution in [0.25, 0.3) is 0 Å². The SMILES string of the molecule is CNS(=O)(=O)CC(=O)NC(C)(C)c1ccc(Br)cc1. The van der Waals surface area contributed by atoms with Gasteiger partial charge in [0.1, 0.15) is 5.75 Å². The lowest BCUT2D eigenvalue weighted by molar-refractivity contribution is -0.120. The molecule has 1 aromatic rings. The lowest BCUT2D eigenvalue weighted by Crippen LogP contribution is -2.44. The third-order valence-electron chi connectivity index (χ3n) is 2.65. The Morgan fingerprint density at radius 1 is 1.26 bits per heavy atom. The van der Waals surface area contributed by atoms with Gasteiger partial charge in [-0.3, -0.25) is 4.79 Å². The monoisotopic (exact) mass is 348 g/mol. The van der Waals surface area contributed by atoms with Gasteiger partial charge in [-0.2, -0.15) is 0 Å². The minimum absolute atomic E-state index is 0.540. The molecule has 19 heavy (non-hydrogen) atoms. The van der Waals surface area contributed by atoms with E-state index in [0.717, 1.165) is 10.0 Å². The lowest BCUT2D eigenvalue weighted by Gasteiger charge is -2.27. The van der Waals surface area contributed by atoms with Crippen molar-refractivity contribution in [1.82, 2.24) is 10.0 Å². The molecule has 0 aliphatic carbocycles. The number of halogens is 1. The summed E-state index contributed by atoms with van der Waals surface area (Å²) in [6, 6.07) is 7.48. The van der Waals surface area contributed by atoms with Crippen molar-refractivity contribution in [3.05, 3.63) is 34.3 Å². The maximum absolute atomic E-state index is 11.7. The molecule has 0 aromatic heterocycles. The molecule has 2 N–H and O–H groups in total. The van der Waals surface area contributed by atoms with E-state index in [1.165, 1.54) is 7.05 Å². The van der Waals surface area contributed by atoms with Gasteiger partial charge in [0.15, 0.2) is 0 Å². The highest BCUT2D eigenvalue weighted by atomic mass is 79.9. The molecular formula is C12H17BrN2O3S. The number of nitrogens with one attached hydrogen (secondary N) is 2. The molecule has 0 saturated heterocycles. The molecule has 0 unspecified atom stereocenters. The van der Waals surface area contributed by atoms with Crippen LogP contribution < -0.4 is 10.0 Å². The van der Waals surface area contributed by atoms with Gasteiger partial charge in [0, 0.05) is 4.47 Å². The number of amides is 1. The zero-order valence-corrected chi connectivity index (χ0v) is 13.4. The summed E-state index contributed by atoms with van der Waals surface area (Å²) in [5.74, 6) is -1.12. The smallest absolute Gasteiger partial charge is 0.237 e. The fraction of sp³-hybridized carbons (Fsp3) is 0.417. The Kier molecular flexibility index (Phi) is 5.11. The molecule has 7 heteroatoms. The first kappa shape index (κ1) is 16.1. The van der Waals surface area contributed by atoms with E-state index in [2.05, 4.69) is 26.0 Å². The Morgan fingerprint density at radius 3 is 2.26 bits per heavy atom. The quantitative estimate of drug-likeness (QED) is 0.843. The molecule has 1 amide bonds. The summed E-state index contributed by atoms with van der Waals surface area (Å²) in [4.78, 5) is 11.7. The van der Waals surface area contributed by atoms with Crippen LogP contribution in [0, 0.1) is 0 Å². The van der Waals surface area contributed by atoms with Crippen LogP contribution in [0.5, 0.6) is 0 Å². The van der Waals surface area contributed by atoms with E-state index >= 15 is 0 Å². The largest absolute Gasteiger partial charge is 0.346 e. The minimum atomic E-state index is -3.55. The summed E-state index contributed by atoms with van der Waals surface area (Å²) in [5.41, 5.74) is 0.257. The van der Waals surface area contributed by atoms with Crippen molar-refractivity contribution in [3.63, 3.8) is 0 Å². The Morgan fingerprint density at radius 2 is 1.79 bits per heavy atom. The Bertz CT molecular complexity index is 553. The number of carbonyl (C=O) groups is 1. The van der Waals surface area contributed by atoms with Crippen molar-refractivity contribution >= 4 is 31.9 Å². The standard InChI is InChI=1S/C12H17BrN2O3S/c1-12(2,9-4-6-10(13)7-5-9)15-11(16)8-19(17,18)14-3/h4-7,14H,8H2,1-3H3,(H,15,16). The first-order valence-electron chi connectivity index (χ1n) is 5.64. The average Bonchev–Trinajstić information content (AvgIpc) is 2.28. The van der Waals surface area contributed by atoms with E-state index in [1.807, 2.05) is 38.1 Å². The Labute approximate surface area is 122 Å². The molecule has 0 atom stereocenters. The van der Waals surface area contributed by atoms with E-state index in [0.29, 0.717) is 0 Å². The van der Waals surface area contributed by atoms with Crippen LogP contribution in [0.15, 0.2) is 28.7 Å². The highest BCUT2D eigenvalue weighted by Crippen LogP contribution is 2.22. The third-order valence-corrected chi connectivity index (χ3v) is 4.44. The summed E-state index contributed by atoms with van der Waals surface area (Å²) in [6.07, 6.45) is 0. The topological polar surface area (TPSA) is 75.3 Å². The molecule has 0 radical (unpaired) electrons. The van der Waals surface area contributed by atoms with Gasteiger partial charge in [-0.15, -0.1) is 0 Å². The van der Waals surface area contributed by atoms with Crippen molar-refractivity contribution in [2.75, 3.05) is 12.8 Å². The molecule has 0 heterocycles.